The molecule has 1 aliphatic rings. The fourth-order valence-corrected chi connectivity index (χ4v) is 3.49. The molecule has 0 bridgehead atoms. The number of hydrogen-bond donors (Lipinski definition) is 0. The molecule has 0 aromatic heterocycles. The molecule has 0 saturated heterocycles. The molecule has 0 fully saturated rings. The molecule has 3 rings (SSSR count). The molecule has 0 radical (unpaired) electrons. The van der Waals surface area contributed by atoms with Gasteiger partial charge in [0, 0.05) is 5.56 Å². The summed E-state index contributed by atoms with van der Waals surface area (Å²) in [6, 6.07) is 8.13. The SMILES string of the molecule is CCOC(=O)COc1c(Br)cc(/C=C2\N=C(c3ccc(Cl)c(Cl)c3)OC2=O)cc1OC. The van der Waals surface area contributed by atoms with Gasteiger partial charge in [-0.05, 0) is 64.8 Å². The van der Waals surface area contributed by atoms with Gasteiger partial charge in [-0.25, -0.2) is 14.6 Å². The fraction of sp³-hybridized carbons (Fsp3) is 0.190. The predicted molar refractivity (Wildman–Crippen MR) is 120 cm³/mol. The second kappa shape index (κ2) is 10.2. The van der Waals surface area contributed by atoms with Gasteiger partial charge in [0.25, 0.3) is 0 Å². The van der Waals surface area contributed by atoms with Crippen molar-refractivity contribution in [3.8, 4) is 11.5 Å². The Kier molecular flexibility index (Phi) is 7.59. The number of carbonyl (C=O) groups is 2. The highest BCUT2D eigenvalue weighted by molar-refractivity contribution is 9.10. The third-order valence-corrected chi connectivity index (χ3v) is 5.31. The monoisotopic (exact) mass is 527 g/mol. The zero-order valence-corrected chi connectivity index (χ0v) is 19.5. The van der Waals surface area contributed by atoms with Gasteiger partial charge in [-0.2, -0.15) is 0 Å². The average Bonchev–Trinajstić information content (AvgIpc) is 3.09. The summed E-state index contributed by atoms with van der Waals surface area (Å²) in [4.78, 5) is 28.1. The summed E-state index contributed by atoms with van der Waals surface area (Å²) in [6.45, 7) is 1.70. The fourth-order valence-electron chi connectivity index (χ4n) is 2.62. The number of methoxy groups -OCH3 is 1. The van der Waals surface area contributed by atoms with E-state index in [2.05, 4.69) is 20.9 Å². The highest BCUT2D eigenvalue weighted by atomic mass is 79.9. The number of carbonyl (C=O) groups excluding carboxylic acids is 2. The van der Waals surface area contributed by atoms with Crippen LogP contribution in [-0.2, 0) is 19.1 Å². The van der Waals surface area contributed by atoms with Crippen LogP contribution in [0, 0.1) is 0 Å². The van der Waals surface area contributed by atoms with Crippen molar-refractivity contribution in [2.45, 2.75) is 6.92 Å². The molecule has 0 amide bonds. The van der Waals surface area contributed by atoms with Gasteiger partial charge in [-0.1, -0.05) is 23.2 Å². The Morgan fingerprint density at radius 1 is 1.23 bits per heavy atom. The Labute approximate surface area is 196 Å². The molecule has 31 heavy (non-hydrogen) atoms. The minimum atomic E-state index is -0.612. The number of esters is 2. The third kappa shape index (κ3) is 5.58. The second-order valence-corrected chi connectivity index (χ2v) is 7.76. The summed E-state index contributed by atoms with van der Waals surface area (Å²) in [7, 11) is 1.46. The van der Waals surface area contributed by atoms with Gasteiger partial charge in [0.05, 0.1) is 28.2 Å². The summed E-state index contributed by atoms with van der Waals surface area (Å²) in [6.07, 6.45) is 1.54. The first-order chi connectivity index (χ1) is 14.8. The van der Waals surface area contributed by atoms with Crippen LogP contribution in [0.1, 0.15) is 18.1 Å². The molecule has 1 heterocycles. The Morgan fingerprint density at radius 3 is 2.68 bits per heavy atom. The van der Waals surface area contributed by atoms with Crippen molar-refractivity contribution in [3.63, 3.8) is 0 Å². The number of halogens is 3. The largest absolute Gasteiger partial charge is 0.493 e. The van der Waals surface area contributed by atoms with Crippen LogP contribution < -0.4 is 9.47 Å². The zero-order valence-electron chi connectivity index (χ0n) is 16.4. The maximum absolute atomic E-state index is 12.3. The molecule has 2 aromatic rings. The van der Waals surface area contributed by atoms with Crippen LogP contribution in [0.2, 0.25) is 10.0 Å². The Morgan fingerprint density at radius 2 is 2.00 bits per heavy atom. The van der Waals surface area contributed by atoms with E-state index in [1.165, 1.54) is 13.2 Å². The summed E-state index contributed by atoms with van der Waals surface area (Å²) in [5, 5.41) is 0.704. The van der Waals surface area contributed by atoms with Crippen molar-refractivity contribution in [2.75, 3.05) is 20.3 Å². The maximum atomic E-state index is 12.3. The number of ether oxygens (including phenoxy) is 4. The van der Waals surface area contributed by atoms with Crippen LogP contribution in [0.4, 0.5) is 0 Å². The van der Waals surface area contributed by atoms with E-state index in [1.54, 1.807) is 37.3 Å². The number of nitrogens with zero attached hydrogens (tertiary/aromatic N) is 1. The number of benzene rings is 2. The molecule has 0 spiro atoms. The summed E-state index contributed by atoms with van der Waals surface area (Å²) >= 11 is 15.3. The first kappa shape index (κ1) is 23.1. The molecule has 0 atom stereocenters. The van der Waals surface area contributed by atoms with E-state index in [9.17, 15) is 9.59 Å². The molecule has 7 nitrogen and oxygen atoms in total. The van der Waals surface area contributed by atoms with Gasteiger partial charge in [-0.15, -0.1) is 0 Å². The van der Waals surface area contributed by atoms with E-state index in [-0.39, 0.29) is 24.8 Å². The molecule has 0 unspecified atom stereocenters. The minimum absolute atomic E-state index is 0.0928. The van der Waals surface area contributed by atoms with Gasteiger partial charge < -0.3 is 18.9 Å². The lowest BCUT2D eigenvalue weighted by Gasteiger charge is -2.13. The molecule has 0 aliphatic carbocycles. The van der Waals surface area contributed by atoms with Gasteiger partial charge in [0.1, 0.15) is 0 Å². The first-order valence-electron chi connectivity index (χ1n) is 8.96. The van der Waals surface area contributed by atoms with Crippen molar-refractivity contribution in [1.82, 2.24) is 0 Å². The van der Waals surface area contributed by atoms with Crippen LogP contribution in [0.3, 0.4) is 0 Å². The highest BCUT2D eigenvalue weighted by Gasteiger charge is 2.25. The lowest BCUT2D eigenvalue weighted by Crippen LogP contribution is -2.15. The summed E-state index contributed by atoms with van der Waals surface area (Å²) in [5.41, 5.74) is 1.21. The Hall–Kier alpha value is -2.55. The number of hydrogen-bond acceptors (Lipinski definition) is 7. The van der Waals surface area contributed by atoms with Gasteiger partial charge in [0.2, 0.25) is 5.90 Å². The minimum Gasteiger partial charge on any atom is -0.493 e. The maximum Gasteiger partial charge on any atom is 0.363 e. The first-order valence-corrected chi connectivity index (χ1v) is 10.5. The van der Waals surface area contributed by atoms with E-state index in [1.807, 2.05) is 0 Å². The van der Waals surface area contributed by atoms with Crippen molar-refractivity contribution in [1.29, 1.82) is 0 Å². The topological polar surface area (TPSA) is 83.4 Å². The lowest BCUT2D eigenvalue weighted by atomic mass is 10.1. The molecule has 10 heteroatoms. The van der Waals surface area contributed by atoms with Gasteiger partial charge in [0.15, 0.2) is 23.8 Å². The van der Waals surface area contributed by atoms with E-state index in [0.29, 0.717) is 37.1 Å². The van der Waals surface area contributed by atoms with E-state index >= 15 is 0 Å². The van der Waals surface area contributed by atoms with Crippen molar-refractivity contribution < 1.29 is 28.5 Å². The second-order valence-electron chi connectivity index (χ2n) is 6.09. The number of rotatable bonds is 7. The molecular formula is C21H16BrCl2NO6. The quantitative estimate of drug-likeness (QED) is 0.369. The number of cyclic esters (lactones) is 1. The normalized spacial score (nSPS) is 14.3. The molecular weight excluding hydrogens is 513 g/mol. The highest BCUT2D eigenvalue weighted by Crippen LogP contribution is 2.37. The van der Waals surface area contributed by atoms with Crippen LogP contribution in [-0.4, -0.2) is 38.2 Å². The van der Waals surface area contributed by atoms with Crippen LogP contribution in [0.25, 0.3) is 6.08 Å². The van der Waals surface area contributed by atoms with Crippen LogP contribution >= 0.6 is 39.1 Å². The van der Waals surface area contributed by atoms with E-state index in [4.69, 9.17) is 42.1 Å². The molecule has 162 valence electrons. The van der Waals surface area contributed by atoms with Gasteiger partial charge in [-0.3, -0.25) is 0 Å². The molecule has 1 aliphatic heterocycles. The molecule has 2 aromatic carbocycles. The summed E-state index contributed by atoms with van der Waals surface area (Å²) in [5.74, 6) is -0.313. The summed E-state index contributed by atoms with van der Waals surface area (Å²) < 4.78 is 21.5. The third-order valence-electron chi connectivity index (χ3n) is 3.98. The zero-order chi connectivity index (χ0) is 22.5. The lowest BCUT2D eigenvalue weighted by molar-refractivity contribution is -0.145. The Bertz CT molecular complexity index is 1100. The van der Waals surface area contributed by atoms with E-state index < -0.39 is 11.9 Å². The van der Waals surface area contributed by atoms with Crippen molar-refractivity contribution in [3.05, 3.63) is 61.7 Å². The molecule has 0 N–H and O–H groups in total. The standard InChI is InChI=1S/C21H16BrCl2NO6/c1-3-29-18(26)10-30-19-13(22)6-11(8-17(19)28-2)7-16-21(27)31-20(25-16)12-4-5-14(23)15(24)9-12/h4-9H,3,10H2,1-2H3/b16-7-. The smallest absolute Gasteiger partial charge is 0.363 e. The van der Waals surface area contributed by atoms with Gasteiger partial charge >= 0.3 is 11.9 Å². The van der Waals surface area contributed by atoms with Crippen molar-refractivity contribution in [2.24, 2.45) is 4.99 Å². The predicted octanol–water partition coefficient (Wildman–Crippen LogP) is 5.05. The van der Waals surface area contributed by atoms with Crippen molar-refractivity contribution >= 4 is 63.0 Å². The number of aliphatic imine (C=N–C) groups is 1. The Balaban J connectivity index is 1.87. The molecule has 0 saturated carbocycles. The van der Waals surface area contributed by atoms with Crippen LogP contribution in [0.15, 0.2) is 45.5 Å². The van der Waals surface area contributed by atoms with E-state index in [0.717, 1.165) is 0 Å². The van der Waals surface area contributed by atoms with Crippen LogP contribution in [0.5, 0.6) is 11.5 Å². The average molecular weight is 529 g/mol.